The van der Waals surface area contributed by atoms with Crippen LogP contribution in [-0.4, -0.2) is 24.0 Å². The Bertz CT molecular complexity index is 711. The van der Waals surface area contributed by atoms with E-state index in [4.69, 9.17) is 11.6 Å². The molecule has 1 N–H and O–H groups in total. The molecular weight excluding hydrogens is 329 g/mol. The van der Waals surface area contributed by atoms with Gasteiger partial charge in [-0.3, -0.25) is 9.78 Å². The second kappa shape index (κ2) is 7.62. The van der Waals surface area contributed by atoms with Crippen LogP contribution in [0.2, 0.25) is 5.02 Å². The van der Waals surface area contributed by atoms with E-state index in [2.05, 4.69) is 15.2 Å². The molecule has 6 heteroatoms. The Kier molecular flexibility index (Phi) is 5.30. The van der Waals surface area contributed by atoms with E-state index in [0.29, 0.717) is 23.7 Å². The van der Waals surface area contributed by atoms with Crippen molar-refractivity contribution >= 4 is 23.2 Å². The van der Waals surface area contributed by atoms with Crippen molar-refractivity contribution in [3.05, 3.63) is 59.1 Å². The molecule has 126 valence electrons. The minimum absolute atomic E-state index is 0.00847. The van der Waals surface area contributed by atoms with Gasteiger partial charge in [0.15, 0.2) is 0 Å². The molecule has 2 aromatic rings. The lowest BCUT2D eigenvalue weighted by atomic mass is 9.96. The van der Waals surface area contributed by atoms with Gasteiger partial charge in [-0.2, -0.15) is 0 Å². The van der Waals surface area contributed by atoms with Crippen molar-refractivity contribution in [3.8, 4) is 0 Å². The van der Waals surface area contributed by atoms with Crippen LogP contribution in [0, 0.1) is 11.7 Å². The fourth-order valence-corrected chi connectivity index (χ4v) is 3.21. The van der Waals surface area contributed by atoms with Crippen molar-refractivity contribution in [1.29, 1.82) is 0 Å². The number of hydrogen-bond donors (Lipinski definition) is 1. The van der Waals surface area contributed by atoms with Crippen LogP contribution in [0.5, 0.6) is 0 Å². The third-order valence-electron chi connectivity index (χ3n) is 4.29. The van der Waals surface area contributed by atoms with Crippen LogP contribution in [0.15, 0.2) is 42.7 Å². The molecule has 0 radical (unpaired) electrons. The average Bonchev–Trinajstić information content (AvgIpc) is 2.61. The first-order valence-corrected chi connectivity index (χ1v) is 8.38. The molecule has 1 aromatic carbocycles. The van der Waals surface area contributed by atoms with E-state index in [0.717, 1.165) is 25.1 Å². The van der Waals surface area contributed by atoms with Gasteiger partial charge in [0.2, 0.25) is 5.91 Å². The number of halogens is 2. The monoisotopic (exact) mass is 347 g/mol. The zero-order chi connectivity index (χ0) is 16.9. The van der Waals surface area contributed by atoms with Gasteiger partial charge >= 0.3 is 0 Å². The Morgan fingerprint density at radius 2 is 2.12 bits per heavy atom. The molecule has 4 nitrogen and oxygen atoms in total. The molecule has 0 aliphatic carbocycles. The maximum absolute atomic E-state index is 13.1. The maximum atomic E-state index is 13.1. The summed E-state index contributed by atoms with van der Waals surface area (Å²) in [5, 5.41) is 3.25. The molecule has 1 aromatic heterocycles. The van der Waals surface area contributed by atoms with Crippen molar-refractivity contribution in [2.75, 3.05) is 18.0 Å². The molecule has 1 unspecified atom stereocenters. The van der Waals surface area contributed by atoms with Gasteiger partial charge in [-0.05, 0) is 42.7 Å². The van der Waals surface area contributed by atoms with Gasteiger partial charge in [0.25, 0.3) is 0 Å². The highest BCUT2D eigenvalue weighted by Crippen LogP contribution is 2.23. The lowest BCUT2D eigenvalue weighted by Gasteiger charge is -2.33. The highest BCUT2D eigenvalue weighted by Gasteiger charge is 2.25. The number of amides is 1. The number of aromatic nitrogens is 1. The number of hydrogen-bond acceptors (Lipinski definition) is 3. The normalized spacial score (nSPS) is 17.6. The summed E-state index contributed by atoms with van der Waals surface area (Å²) in [4.78, 5) is 18.7. The number of anilines is 1. The van der Waals surface area contributed by atoms with Crippen LogP contribution in [0.4, 0.5) is 10.1 Å². The fourth-order valence-electron chi connectivity index (χ4n) is 2.97. The third kappa shape index (κ3) is 4.03. The first kappa shape index (κ1) is 16.7. The smallest absolute Gasteiger partial charge is 0.225 e. The van der Waals surface area contributed by atoms with Gasteiger partial charge in [0.05, 0.1) is 5.92 Å². The van der Waals surface area contributed by atoms with Crippen molar-refractivity contribution in [2.24, 2.45) is 5.92 Å². The van der Waals surface area contributed by atoms with Crippen LogP contribution in [0.3, 0.4) is 0 Å². The van der Waals surface area contributed by atoms with E-state index in [1.54, 1.807) is 18.5 Å². The maximum Gasteiger partial charge on any atom is 0.225 e. The number of nitrogens with zero attached hydrogens (tertiary/aromatic N) is 2. The molecule has 2 heterocycles. The van der Waals surface area contributed by atoms with E-state index in [9.17, 15) is 9.18 Å². The van der Waals surface area contributed by atoms with Crippen molar-refractivity contribution in [3.63, 3.8) is 0 Å². The molecule has 1 atom stereocenters. The first-order chi connectivity index (χ1) is 11.6. The summed E-state index contributed by atoms with van der Waals surface area (Å²) in [5.74, 6) is -0.435. The molecule has 1 amide bonds. The molecule has 1 aliphatic rings. The molecular formula is C18H19ClFN3O. The van der Waals surface area contributed by atoms with E-state index in [1.165, 1.54) is 12.1 Å². The number of rotatable bonds is 4. The molecule has 3 rings (SSSR count). The topological polar surface area (TPSA) is 45.2 Å². The Labute approximate surface area is 145 Å². The van der Waals surface area contributed by atoms with Crippen molar-refractivity contribution in [2.45, 2.75) is 19.4 Å². The highest BCUT2D eigenvalue weighted by molar-refractivity contribution is 6.31. The van der Waals surface area contributed by atoms with Crippen LogP contribution < -0.4 is 10.2 Å². The van der Waals surface area contributed by atoms with Crippen molar-refractivity contribution in [1.82, 2.24) is 10.3 Å². The number of piperidine rings is 1. The van der Waals surface area contributed by atoms with E-state index in [1.807, 2.05) is 12.1 Å². The summed E-state index contributed by atoms with van der Waals surface area (Å²) in [6, 6.07) is 8.12. The standard InChI is InChI=1S/C18H19ClFN3O/c19-17-10-15(20)4-3-13(17)11-22-18(24)14-2-1-9-23(12-14)16-5-7-21-8-6-16/h3-8,10,14H,1-2,9,11-12H2,(H,22,24). The summed E-state index contributed by atoms with van der Waals surface area (Å²) in [6.07, 6.45) is 5.35. The van der Waals surface area contributed by atoms with E-state index < -0.39 is 0 Å². The molecule has 0 saturated carbocycles. The summed E-state index contributed by atoms with van der Waals surface area (Å²) >= 11 is 6.00. The van der Waals surface area contributed by atoms with E-state index >= 15 is 0 Å². The fraction of sp³-hybridized carbons (Fsp3) is 0.333. The number of nitrogens with one attached hydrogen (secondary N) is 1. The van der Waals surface area contributed by atoms with Gasteiger partial charge in [-0.15, -0.1) is 0 Å². The van der Waals surface area contributed by atoms with Crippen LogP contribution in [0.25, 0.3) is 0 Å². The third-order valence-corrected chi connectivity index (χ3v) is 4.64. The Morgan fingerprint density at radius 3 is 2.88 bits per heavy atom. The Morgan fingerprint density at radius 1 is 1.33 bits per heavy atom. The summed E-state index contributed by atoms with van der Waals surface area (Å²) in [6.45, 7) is 1.94. The molecule has 24 heavy (non-hydrogen) atoms. The van der Waals surface area contributed by atoms with Crippen LogP contribution in [-0.2, 0) is 11.3 Å². The minimum atomic E-state index is -0.379. The Balaban J connectivity index is 1.58. The van der Waals surface area contributed by atoms with Gasteiger partial charge in [-0.25, -0.2) is 4.39 Å². The summed E-state index contributed by atoms with van der Waals surface area (Å²) in [7, 11) is 0. The van der Waals surface area contributed by atoms with Gasteiger partial charge < -0.3 is 10.2 Å². The molecule has 1 fully saturated rings. The number of carbonyl (C=O) groups is 1. The zero-order valence-corrected chi connectivity index (χ0v) is 14.0. The van der Waals surface area contributed by atoms with Gasteiger partial charge in [0.1, 0.15) is 5.82 Å². The molecule has 1 aliphatic heterocycles. The zero-order valence-electron chi connectivity index (χ0n) is 13.2. The molecule has 0 bridgehead atoms. The lowest BCUT2D eigenvalue weighted by molar-refractivity contribution is -0.125. The van der Waals surface area contributed by atoms with Crippen LogP contribution in [0.1, 0.15) is 18.4 Å². The lowest BCUT2D eigenvalue weighted by Crippen LogP contribution is -2.43. The summed E-state index contributed by atoms with van der Waals surface area (Å²) < 4.78 is 13.1. The number of carbonyl (C=O) groups excluding carboxylic acids is 1. The highest BCUT2D eigenvalue weighted by atomic mass is 35.5. The SMILES string of the molecule is O=C(NCc1ccc(F)cc1Cl)C1CCCN(c2ccncc2)C1. The van der Waals surface area contributed by atoms with Gasteiger partial charge in [0, 0.05) is 42.7 Å². The number of benzene rings is 1. The predicted octanol–water partition coefficient (Wildman–Crippen LogP) is 3.41. The minimum Gasteiger partial charge on any atom is -0.371 e. The quantitative estimate of drug-likeness (QED) is 0.922. The summed E-state index contributed by atoms with van der Waals surface area (Å²) in [5.41, 5.74) is 1.80. The Hall–Kier alpha value is -2.14. The second-order valence-corrected chi connectivity index (χ2v) is 6.35. The largest absolute Gasteiger partial charge is 0.371 e. The first-order valence-electron chi connectivity index (χ1n) is 8.00. The van der Waals surface area contributed by atoms with E-state index in [-0.39, 0.29) is 17.6 Å². The average molecular weight is 348 g/mol. The predicted molar refractivity (Wildman–Crippen MR) is 92.4 cm³/mol. The molecule has 0 spiro atoms. The van der Waals surface area contributed by atoms with Crippen molar-refractivity contribution < 1.29 is 9.18 Å². The van der Waals surface area contributed by atoms with Gasteiger partial charge in [-0.1, -0.05) is 17.7 Å². The molecule has 1 saturated heterocycles. The number of pyridine rings is 1. The van der Waals surface area contributed by atoms with Crippen LogP contribution >= 0.6 is 11.6 Å². The second-order valence-electron chi connectivity index (χ2n) is 5.94.